The number of nitrogens with zero attached hydrogens (tertiary/aromatic N) is 3. The van der Waals surface area contributed by atoms with Crippen LogP contribution in [0.1, 0.15) is 24.0 Å². The van der Waals surface area contributed by atoms with Gasteiger partial charge in [0.2, 0.25) is 11.0 Å². The van der Waals surface area contributed by atoms with Gasteiger partial charge in [-0.3, -0.25) is 4.79 Å². The van der Waals surface area contributed by atoms with Crippen molar-refractivity contribution in [2.45, 2.75) is 25.9 Å². The maximum Gasteiger partial charge on any atom is 0.222 e. The van der Waals surface area contributed by atoms with Crippen LogP contribution in [-0.2, 0) is 17.9 Å². The molecule has 0 unspecified atom stereocenters. The number of nitrogens with one attached hydrogen (secondary N) is 1. The van der Waals surface area contributed by atoms with Crippen LogP contribution in [0.5, 0.6) is 0 Å². The lowest BCUT2D eigenvalue weighted by Gasteiger charge is -2.18. The van der Waals surface area contributed by atoms with Crippen molar-refractivity contribution in [2.24, 2.45) is 0 Å². The van der Waals surface area contributed by atoms with Crippen LogP contribution in [0.15, 0.2) is 54.6 Å². The van der Waals surface area contributed by atoms with E-state index in [0.29, 0.717) is 19.5 Å². The molecule has 3 aromatic rings. The Morgan fingerprint density at radius 1 is 1.00 bits per heavy atom. The average molecular weight is 364 g/mol. The first kappa shape index (κ1) is 16.7. The van der Waals surface area contributed by atoms with Gasteiger partial charge in [-0.05, 0) is 17.5 Å². The number of hydrogen-bond acceptors (Lipinski definition) is 5. The summed E-state index contributed by atoms with van der Waals surface area (Å²) in [6, 6.07) is 18.3. The Hall–Kier alpha value is -2.73. The molecular formula is C20H20N4OS. The molecule has 4 rings (SSSR count). The van der Waals surface area contributed by atoms with Crippen LogP contribution in [0, 0.1) is 0 Å². The van der Waals surface area contributed by atoms with Gasteiger partial charge in [-0.25, -0.2) is 0 Å². The second-order valence-electron chi connectivity index (χ2n) is 6.32. The monoisotopic (exact) mass is 364 g/mol. The van der Waals surface area contributed by atoms with Crippen molar-refractivity contribution < 1.29 is 4.79 Å². The van der Waals surface area contributed by atoms with Crippen LogP contribution in [0.3, 0.4) is 0 Å². The number of likely N-dealkylation sites (tertiary alicyclic amines) is 1. The molecule has 1 amide bonds. The molecule has 2 aromatic carbocycles. The van der Waals surface area contributed by atoms with Gasteiger partial charge in [0.1, 0.15) is 5.01 Å². The third-order valence-electron chi connectivity index (χ3n) is 4.53. The molecule has 5 nitrogen and oxygen atoms in total. The van der Waals surface area contributed by atoms with E-state index in [1.807, 2.05) is 47.4 Å². The SMILES string of the molecule is O=C1CCCN1Cc1ccccc1CNc1nnc(-c2ccccc2)s1. The molecule has 0 saturated carbocycles. The van der Waals surface area contributed by atoms with Crippen LogP contribution >= 0.6 is 11.3 Å². The maximum atomic E-state index is 11.9. The van der Waals surface area contributed by atoms with Crippen molar-refractivity contribution in [3.05, 3.63) is 65.7 Å². The summed E-state index contributed by atoms with van der Waals surface area (Å²) in [7, 11) is 0. The van der Waals surface area contributed by atoms with Gasteiger partial charge in [-0.2, -0.15) is 0 Å². The van der Waals surface area contributed by atoms with Crippen molar-refractivity contribution in [3.63, 3.8) is 0 Å². The van der Waals surface area contributed by atoms with E-state index >= 15 is 0 Å². The molecule has 2 heterocycles. The average Bonchev–Trinajstić information content (AvgIpc) is 3.31. The minimum absolute atomic E-state index is 0.254. The molecule has 1 aromatic heterocycles. The standard InChI is InChI=1S/C20H20N4OS/c25-18-11-6-12-24(18)14-17-10-5-4-9-16(17)13-21-20-23-22-19(26-20)15-7-2-1-3-8-15/h1-5,7-10H,6,11-14H2,(H,21,23). The number of carbonyl (C=O) groups excluding carboxylic acids is 1. The molecule has 1 aliphatic heterocycles. The fraction of sp³-hybridized carbons (Fsp3) is 0.250. The minimum atomic E-state index is 0.254. The van der Waals surface area contributed by atoms with Gasteiger partial charge in [0.05, 0.1) is 0 Å². The van der Waals surface area contributed by atoms with Gasteiger partial charge in [0, 0.05) is 31.6 Å². The van der Waals surface area contributed by atoms with Crippen molar-refractivity contribution in [1.82, 2.24) is 15.1 Å². The number of anilines is 1. The Bertz CT molecular complexity index is 894. The van der Waals surface area contributed by atoms with E-state index < -0.39 is 0 Å². The summed E-state index contributed by atoms with van der Waals surface area (Å²) in [6.45, 7) is 2.21. The summed E-state index contributed by atoms with van der Waals surface area (Å²) in [5.74, 6) is 0.254. The third kappa shape index (κ3) is 3.75. The molecular weight excluding hydrogens is 344 g/mol. The highest BCUT2D eigenvalue weighted by Gasteiger charge is 2.20. The Morgan fingerprint density at radius 3 is 2.54 bits per heavy atom. The fourth-order valence-electron chi connectivity index (χ4n) is 3.12. The first-order valence-electron chi connectivity index (χ1n) is 8.77. The van der Waals surface area contributed by atoms with E-state index in [9.17, 15) is 4.79 Å². The molecule has 0 aliphatic carbocycles. The zero-order valence-corrected chi connectivity index (χ0v) is 15.2. The number of benzene rings is 2. The molecule has 1 fully saturated rings. The summed E-state index contributed by atoms with van der Waals surface area (Å²) in [6.07, 6.45) is 1.64. The topological polar surface area (TPSA) is 58.1 Å². The second-order valence-corrected chi connectivity index (χ2v) is 7.30. The highest BCUT2D eigenvalue weighted by molar-refractivity contribution is 7.18. The Balaban J connectivity index is 1.44. The summed E-state index contributed by atoms with van der Waals surface area (Å²) >= 11 is 1.55. The lowest BCUT2D eigenvalue weighted by Crippen LogP contribution is -2.24. The maximum absolute atomic E-state index is 11.9. The molecule has 6 heteroatoms. The number of carbonyl (C=O) groups is 1. The Morgan fingerprint density at radius 2 is 1.77 bits per heavy atom. The largest absolute Gasteiger partial charge is 0.356 e. The van der Waals surface area contributed by atoms with Gasteiger partial charge in [-0.1, -0.05) is 65.9 Å². The number of amides is 1. The molecule has 0 atom stereocenters. The number of aromatic nitrogens is 2. The van der Waals surface area contributed by atoms with E-state index in [2.05, 4.69) is 27.6 Å². The summed E-state index contributed by atoms with van der Waals surface area (Å²) < 4.78 is 0. The van der Waals surface area contributed by atoms with E-state index in [1.165, 1.54) is 11.1 Å². The molecule has 0 bridgehead atoms. The van der Waals surface area contributed by atoms with Crippen LogP contribution in [0.25, 0.3) is 10.6 Å². The first-order chi connectivity index (χ1) is 12.8. The van der Waals surface area contributed by atoms with Crippen molar-refractivity contribution >= 4 is 22.4 Å². The zero-order valence-electron chi connectivity index (χ0n) is 14.4. The van der Waals surface area contributed by atoms with Crippen molar-refractivity contribution in [1.29, 1.82) is 0 Å². The predicted octanol–water partition coefficient (Wildman–Crippen LogP) is 3.94. The van der Waals surface area contributed by atoms with E-state index in [1.54, 1.807) is 11.3 Å². The Kier molecular flexibility index (Phi) is 4.93. The molecule has 1 aliphatic rings. The molecule has 132 valence electrons. The molecule has 26 heavy (non-hydrogen) atoms. The van der Waals surface area contributed by atoms with Crippen LogP contribution in [0.4, 0.5) is 5.13 Å². The molecule has 0 spiro atoms. The van der Waals surface area contributed by atoms with Gasteiger partial charge in [-0.15, -0.1) is 10.2 Å². The lowest BCUT2D eigenvalue weighted by atomic mass is 10.1. The first-order valence-corrected chi connectivity index (χ1v) is 9.58. The second kappa shape index (κ2) is 7.66. The quantitative estimate of drug-likeness (QED) is 0.720. The number of rotatable bonds is 6. The Labute approximate surface area is 156 Å². The van der Waals surface area contributed by atoms with Gasteiger partial charge in [0.15, 0.2) is 0 Å². The van der Waals surface area contributed by atoms with Gasteiger partial charge < -0.3 is 10.2 Å². The summed E-state index contributed by atoms with van der Waals surface area (Å²) in [4.78, 5) is 13.8. The highest BCUT2D eigenvalue weighted by Crippen LogP contribution is 2.26. The highest BCUT2D eigenvalue weighted by atomic mass is 32.1. The molecule has 1 saturated heterocycles. The molecule has 0 radical (unpaired) electrons. The summed E-state index contributed by atoms with van der Waals surface area (Å²) in [5, 5.41) is 13.6. The van der Waals surface area contributed by atoms with E-state index in [4.69, 9.17) is 0 Å². The normalized spacial score (nSPS) is 14.0. The zero-order chi connectivity index (χ0) is 17.8. The minimum Gasteiger partial charge on any atom is -0.356 e. The van der Waals surface area contributed by atoms with Crippen LogP contribution < -0.4 is 5.32 Å². The molecule has 1 N–H and O–H groups in total. The van der Waals surface area contributed by atoms with Crippen LogP contribution in [-0.4, -0.2) is 27.5 Å². The van der Waals surface area contributed by atoms with Crippen molar-refractivity contribution in [2.75, 3.05) is 11.9 Å². The van der Waals surface area contributed by atoms with Gasteiger partial charge >= 0.3 is 0 Å². The smallest absolute Gasteiger partial charge is 0.222 e. The van der Waals surface area contributed by atoms with E-state index in [0.717, 1.165) is 28.7 Å². The van der Waals surface area contributed by atoms with Crippen molar-refractivity contribution in [3.8, 4) is 10.6 Å². The van der Waals surface area contributed by atoms with E-state index in [-0.39, 0.29) is 5.91 Å². The predicted molar refractivity (Wildman–Crippen MR) is 104 cm³/mol. The summed E-state index contributed by atoms with van der Waals surface area (Å²) in [5.41, 5.74) is 3.44. The lowest BCUT2D eigenvalue weighted by molar-refractivity contribution is -0.128. The third-order valence-corrected chi connectivity index (χ3v) is 5.46. The fourth-order valence-corrected chi connectivity index (χ4v) is 3.87. The number of hydrogen-bond donors (Lipinski definition) is 1. The van der Waals surface area contributed by atoms with Crippen LogP contribution in [0.2, 0.25) is 0 Å². The van der Waals surface area contributed by atoms with Gasteiger partial charge in [0.25, 0.3) is 0 Å².